The smallest absolute Gasteiger partial charge is 0.162 e. The predicted molar refractivity (Wildman–Crippen MR) is 225 cm³/mol. The molecular formula is C50H32N4. The Bertz CT molecular complexity index is 3200. The molecule has 0 amide bonds. The molecule has 11 aromatic rings. The third-order valence-electron chi connectivity index (χ3n) is 10.7. The molecule has 3 heterocycles. The summed E-state index contributed by atoms with van der Waals surface area (Å²) >= 11 is 0. The van der Waals surface area contributed by atoms with Crippen molar-refractivity contribution in [2.75, 3.05) is 0 Å². The Balaban J connectivity index is 1.26. The molecule has 0 atom stereocenters. The number of aromatic nitrogens is 4. The van der Waals surface area contributed by atoms with Crippen LogP contribution in [0.5, 0.6) is 0 Å². The normalized spacial score (nSPS) is 11.7. The van der Waals surface area contributed by atoms with Gasteiger partial charge in [-0.1, -0.05) is 152 Å². The number of fused-ring (bicyclic) bond motifs is 8. The van der Waals surface area contributed by atoms with Gasteiger partial charge in [0.2, 0.25) is 0 Å². The fourth-order valence-electron chi connectivity index (χ4n) is 8.37. The second-order valence-corrected chi connectivity index (χ2v) is 13.8. The van der Waals surface area contributed by atoms with Gasteiger partial charge in [0.15, 0.2) is 5.82 Å². The van der Waals surface area contributed by atoms with Gasteiger partial charge >= 0.3 is 0 Å². The zero-order valence-corrected chi connectivity index (χ0v) is 29.3. The van der Waals surface area contributed by atoms with E-state index in [-0.39, 0.29) is 0 Å². The quantitative estimate of drug-likeness (QED) is 0.180. The average molecular weight is 689 g/mol. The molecule has 0 bridgehead atoms. The molecule has 0 spiro atoms. The monoisotopic (exact) mass is 688 g/mol. The Morgan fingerprint density at radius 2 is 0.889 bits per heavy atom. The second-order valence-electron chi connectivity index (χ2n) is 13.8. The molecular weight excluding hydrogens is 657 g/mol. The zero-order chi connectivity index (χ0) is 35.6. The lowest BCUT2D eigenvalue weighted by atomic mass is 10.0. The van der Waals surface area contributed by atoms with Crippen LogP contribution in [-0.2, 0) is 0 Å². The van der Waals surface area contributed by atoms with Crippen LogP contribution in [0.15, 0.2) is 194 Å². The molecule has 0 unspecified atom stereocenters. The van der Waals surface area contributed by atoms with Crippen LogP contribution in [-0.4, -0.2) is 19.1 Å². The van der Waals surface area contributed by atoms with E-state index in [1.807, 2.05) is 6.07 Å². The van der Waals surface area contributed by atoms with Crippen LogP contribution in [0.1, 0.15) is 0 Å². The minimum atomic E-state index is 0.677. The summed E-state index contributed by atoms with van der Waals surface area (Å²) in [4.78, 5) is 10.8. The molecule has 4 heteroatoms. The largest absolute Gasteiger partial charge is 0.307 e. The van der Waals surface area contributed by atoms with Crippen molar-refractivity contribution in [1.29, 1.82) is 0 Å². The first kappa shape index (κ1) is 30.3. The Labute approximate surface area is 311 Å². The van der Waals surface area contributed by atoms with Crippen LogP contribution < -0.4 is 0 Å². The Kier molecular flexibility index (Phi) is 6.82. The molecule has 3 aromatic heterocycles. The van der Waals surface area contributed by atoms with Gasteiger partial charge in [0.1, 0.15) is 0 Å². The molecule has 8 aromatic carbocycles. The lowest BCUT2D eigenvalue weighted by molar-refractivity contribution is 1.13. The van der Waals surface area contributed by atoms with Gasteiger partial charge in [-0.25, -0.2) is 9.97 Å². The fourth-order valence-corrected chi connectivity index (χ4v) is 8.37. The molecule has 0 aliphatic heterocycles. The Hall–Kier alpha value is -7.30. The number of hydrogen-bond donors (Lipinski definition) is 0. The molecule has 0 fully saturated rings. The highest BCUT2D eigenvalue weighted by Crippen LogP contribution is 2.43. The molecule has 0 radical (unpaired) electrons. The van der Waals surface area contributed by atoms with Crippen LogP contribution in [0, 0.1) is 0 Å². The Morgan fingerprint density at radius 1 is 0.352 bits per heavy atom. The minimum Gasteiger partial charge on any atom is -0.307 e. The topological polar surface area (TPSA) is 35.6 Å². The lowest BCUT2D eigenvalue weighted by Crippen LogP contribution is -2.03. The van der Waals surface area contributed by atoms with Crippen LogP contribution in [0.2, 0.25) is 0 Å². The van der Waals surface area contributed by atoms with Gasteiger partial charge < -0.3 is 9.13 Å². The van der Waals surface area contributed by atoms with Crippen molar-refractivity contribution < 1.29 is 0 Å². The highest BCUT2D eigenvalue weighted by Gasteiger charge is 2.23. The number of rotatable bonds is 5. The number of benzene rings is 8. The first-order valence-corrected chi connectivity index (χ1v) is 18.3. The van der Waals surface area contributed by atoms with Gasteiger partial charge in [-0.2, -0.15) is 0 Å². The van der Waals surface area contributed by atoms with Crippen LogP contribution in [0.4, 0.5) is 0 Å². The second kappa shape index (κ2) is 12.1. The molecule has 4 nitrogen and oxygen atoms in total. The van der Waals surface area contributed by atoms with Crippen LogP contribution in [0.3, 0.4) is 0 Å². The molecule has 252 valence electrons. The minimum absolute atomic E-state index is 0.677. The van der Waals surface area contributed by atoms with Crippen molar-refractivity contribution in [1.82, 2.24) is 19.1 Å². The zero-order valence-electron chi connectivity index (χ0n) is 29.3. The van der Waals surface area contributed by atoms with Gasteiger partial charge in [0.05, 0.1) is 39.1 Å². The van der Waals surface area contributed by atoms with Gasteiger partial charge in [-0.3, -0.25) is 0 Å². The molecule has 54 heavy (non-hydrogen) atoms. The van der Waals surface area contributed by atoms with Gasteiger partial charge in [0, 0.05) is 43.9 Å². The van der Waals surface area contributed by atoms with Crippen molar-refractivity contribution in [3.8, 4) is 45.3 Å². The van der Waals surface area contributed by atoms with E-state index in [0.29, 0.717) is 5.82 Å². The maximum Gasteiger partial charge on any atom is 0.162 e. The van der Waals surface area contributed by atoms with E-state index >= 15 is 0 Å². The molecule has 0 aliphatic rings. The number of hydrogen-bond acceptors (Lipinski definition) is 2. The first-order chi connectivity index (χ1) is 26.8. The summed E-state index contributed by atoms with van der Waals surface area (Å²) < 4.78 is 4.87. The van der Waals surface area contributed by atoms with E-state index in [2.05, 4.69) is 197 Å². The van der Waals surface area contributed by atoms with Crippen LogP contribution in [0.25, 0.3) is 99.7 Å². The van der Waals surface area contributed by atoms with E-state index < -0.39 is 0 Å². The summed E-state index contributed by atoms with van der Waals surface area (Å²) in [6.45, 7) is 0. The fraction of sp³-hybridized carbons (Fsp3) is 0. The SMILES string of the molecule is c1ccc(-c2cc(-c3cccc4ccccc34)nc(-c3ccccc3-n3c4ccccc4c4ccc5c6ccccc6n(-c6ccccc6)c5c43)n2)cc1. The third-order valence-corrected chi connectivity index (χ3v) is 10.7. The van der Waals surface area contributed by atoms with Crippen molar-refractivity contribution in [3.63, 3.8) is 0 Å². The van der Waals surface area contributed by atoms with Crippen molar-refractivity contribution in [2.45, 2.75) is 0 Å². The molecule has 0 aliphatic carbocycles. The van der Waals surface area contributed by atoms with E-state index in [9.17, 15) is 0 Å². The standard InChI is InChI=1S/C50H32N4/c1-3-17-34(18-4-1)43-32-44(37-26-15-19-33-16-7-8-22-36(33)37)52-50(51-43)42-25-11-14-29-47(42)54-46-28-13-10-24-39(46)41-31-30-40-38-23-9-12-27-45(38)53(48(40)49(41)54)35-20-5-2-6-21-35/h1-32H. The highest BCUT2D eigenvalue weighted by atomic mass is 15.1. The van der Waals surface area contributed by atoms with Crippen molar-refractivity contribution >= 4 is 54.4 Å². The summed E-state index contributed by atoms with van der Waals surface area (Å²) in [7, 11) is 0. The summed E-state index contributed by atoms with van der Waals surface area (Å²) in [6, 6.07) is 68.9. The van der Waals surface area contributed by atoms with Crippen molar-refractivity contribution in [3.05, 3.63) is 194 Å². The third kappa shape index (κ3) is 4.64. The molecule has 0 saturated carbocycles. The predicted octanol–water partition coefficient (Wildman–Crippen LogP) is 12.8. The molecule has 0 N–H and O–H groups in total. The summed E-state index contributed by atoms with van der Waals surface area (Å²) in [5.74, 6) is 0.677. The summed E-state index contributed by atoms with van der Waals surface area (Å²) in [6.07, 6.45) is 0. The molecule has 11 rings (SSSR count). The average Bonchev–Trinajstić information content (AvgIpc) is 3.77. The molecule has 0 saturated heterocycles. The first-order valence-electron chi connectivity index (χ1n) is 18.3. The number of nitrogens with zero attached hydrogens (tertiary/aromatic N) is 4. The van der Waals surface area contributed by atoms with Gasteiger partial charge in [-0.05, 0) is 53.2 Å². The maximum absolute atomic E-state index is 5.41. The highest BCUT2D eigenvalue weighted by molar-refractivity contribution is 6.24. The summed E-state index contributed by atoms with van der Waals surface area (Å²) in [5.41, 5.74) is 11.6. The number of para-hydroxylation sites is 4. The summed E-state index contributed by atoms with van der Waals surface area (Å²) in [5, 5.41) is 7.18. The van der Waals surface area contributed by atoms with E-state index in [1.54, 1.807) is 0 Å². The van der Waals surface area contributed by atoms with Gasteiger partial charge in [0.25, 0.3) is 0 Å². The van der Waals surface area contributed by atoms with Crippen LogP contribution >= 0.6 is 0 Å². The van der Waals surface area contributed by atoms with E-state index in [4.69, 9.17) is 9.97 Å². The van der Waals surface area contributed by atoms with Crippen molar-refractivity contribution in [2.24, 2.45) is 0 Å². The maximum atomic E-state index is 5.41. The van der Waals surface area contributed by atoms with E-state index in [0.717, 1.165) is 55.9 Å². The Morgan fingerprint density at radius 3 is 1.65 bits per heavy atom. The van der Waals surface area contributed by atoms with E-state index in [1.165, 1.54) is 38.0 Å². The van der Waals surface area contributed by atoms with Gasteiger partial charge in [-0.15, -0.1) is 0 Å². The lowest BCUT2D eigenvalue weighted by Gasteiger charge is -2.16.